The van der Waals surface area contributed by atoms with E-state index in [4.69, 9.17) is 9.72 Å². The second-order valence-corrected chi connectivity index (χ2v) is 9.87. The van der Waals surface area contributed by atoms with E-state index < -0.39 is 0 Å². The van der Waals surface area contributed by atoms with Crippen LogP contribution in [0.15, 0.2) is 30.6 Å². The molecule has 1 N–H and O–H groups in total. The van der Waals surface area contributed by atoms with Crippen molar-refractivity contribution in [1.82, 2.24) is 25.1 Å². The Kier molecular flexibility index (Phi) is 4.91. The number of hydrogen-bond acceptors (Lipinski definition) is 8. The normalized spacial score (nSPS) is 20.2. The van der Waals surface area contributed by atoms with Crippen molar-refractivity contribution in [2.45, 2.75) is 58.2 Å². The number of benzene rings is 1. The third kappa shape index (κ3) is 4.02. The molecule has 3 aromatic rings. The number of likely N-dealkylation sites (tertiary alicyclic amines) is 1. The van der Waals surface area contributed by atoms with E-state index in [0.717, 1.165) is 47.5 Å². The van der Waals surface area contributed by atoms with Gasteiger partial charge in [-0.15, -0.1) is 10.2 Å². The van der Waals surface area contributed by atoms with Crippen LogP contribution in [-0.2, 0) is 13.0 Å². The fraction of sp³-hybridized carbons (Fsp3) is 0.455. The first-order chi connectivity index (χ1) is 14.4. The molecule has 5 rings (SSSR count). The van der Waals surface area contributed by atoms with Crippen molar-refractivity contribution in [1.29, 1.82) is 0 Å². The van der Waals surface area contributed by atoms with E-state index in [2.05, 4.69) is 57.4 Å². The van der Waals surface area contributed by atoms with Crippen molar-refractivity contribution >= 4 is 22.3 Å². The molecule has 30 heavy (non-hydrogen) atoms. The maximum absolute atomic E-state index is 6.03. The van der Waals surface area contributed by atoms with Gasteiger partial charge in [-0.3, -0.25) is 9.88 Å². The molecular formula is C22H26N6OS. The third-order valence-electron chi connectivity index (χ3n) is 5.63. The van der Waals surface area contributed by atoms with E-state index in [1.54, 1.807) is 6.20 Å². The van der Waals surface area contributed by atoms with Crippen molar-refractivity contribution in [3.8, 4) is 5.75 Å². The largest absolute Gasteiger partial charge is 0.487 e. The van der Waals surface area contributed by atoms with Gasteiger partial charge in [-0.25, -0.2) is 4.98 Å². The van der Waals surface area contributed by atoms with Gasteiger partial charge in [0.15, 0.2) is 5.82 Å². The maximum Gasteiger partial charge on any atom is 0.211 e. The number of rotatable bonds is 5. The molecule has 8 heteroatoms. The molecule has 2 aliphatic rings. The van der Waals surface area contributed by atoms with Crippen LogP contribution >= 0.6 is 11.3 Å². The zero-order valence-electron chi connectivity index (χ0n) is 17.6. The summed E-state index contributed by atoms with van der Waals surface area (Å²) >= 11 is 1.51. The molecule has 156 valence electrons. The van der Waals surface area contributed by atoms with E-state index >= 15 is 0 Å². The van der Waals surface area contributed by atoms with Crippen LogP contribution in [0.3, 0.4) is 0 Å². The lowest BCUT2D eigenvalue weighted by molar-refractivity contribution is 0.138. The zero-order valence-corrected chi connectivity index (χ0v) is 18.4. The molecule has 0 amide bonds. The first kappa shape index (κ1) is 19.4. The van der Waals surface area contributed by atoms with Gasteiger partial charge >= 0.3 is 0 Å². The molecule has 0 aliphatic carbocycles. The van der Waals surface area contributed by atoms with E-state index in [0.29, 0.717) is 5.82 Å². The summed E-state index contributed by atoms with van der Waals surface area (Å²) in [6, 6.07) is 6.90. The molecule has 0 spiro atoms. The van der Waals surface area contributed by atoms with Gasteiger partial charge in [0.1, 0.15) is 16.4 Å². The highest BCUT2D eigenvalue weighted by Crippen LogP contribution is 2.37. The quantitative estimate of drug-likeness (QED) is 0.652. The standard InChI is InChI=1S/C22H26N6OS/c1-14-26-27-21(30-14)25-20-12-23-11-17(24-20)18-5-4-8-28(18)13-15-6-7-19-16(9-15)10-22(2,3)29-19/h6-7,9,11-12,18H,4-5,8,10,13H2,1-3H3,(H,24,25,27)/t18-/m1/s1. The summed E-state index contributed by atoms with van der Waals surface area (Å²) in [6.45, 7) is 8.21. The van der Waals surface area contributed by atoms with Crippen LogP contribution in [0.25, 0.3) is 0 Å². The van der Waals surface area contributed by atoms with Gasteiger partial charge in [-0.2, -0.15) is 0 Å². The summed E-state index contributed by atoms with van der Waals surface area (Å²) in [5.74, 6) is 1.74. The molecule has 1 atom stereocenters. The Morgan fingerprint density at radius 3 is 3.00 bits per heavy atom. The summed E-state index contributed by atoms with van der Waals surface area (Å²) in [4.78, 5) is 11.8. The average Bonchev–Trinajstić information content (AvgIpc) is 3.39. The summed E-state index contributed by atoms with van der Waals surface area (Å²) in [5, 5.41) is 13.1. The fourth-order valence-corrected chi connectivity index (χ4v) is 5.00. The van der Waals surface area contributed by atoms with Crippen LogP contribution in [-0.4, -0.2) is 37.2 Å². The predicted molar refractivity (Wildman–Crippen MR) is 117 cm³/mol. The van der Waals surface area contributed by atoms with Gasteiger partial charge < -0.3 is 10.1 Å². The van der Waals surface area contributed by atoms with Gasteiger partial charge in [0.2, 0.25) is 5.13 Å². The van der Waals surface area contributed by atoms with Crippen LogP contribution in [0.5, 0.6) is 5.75 Å². The number of aromatic nitrogens is 4. The lowest BCUT2D eigenvalue weighted by atomic mass is 10.00. The van der Waals surface area contributed by atoms with Crippen LogP contribution in [0, 0.1) is 6.92 Å². The van der Waals surface area contributed by atoms with Crippen LogP contribution in [0.2, 0.25) is 0 Å². The van der Waals surface area contributed by atoms with Crippen molar-refractivity contribution in [2.24, 2.45) is 0 Å². The minimum absolute atomic E-state index is 0.106. The summed E-state index contributed by atoms with van der Waals surface area (Å²) < 4.78 is 6.03. The number of fused-ring (bicyclic) bond motifs is 1. The van der Waals surface area contributed by atoms with Gasteiger partial charge in [-0.1, -0.05) is 23.5 Å². The number of nitrogens with zero attached hydrogens (tertiary/aromatic N) is 5. The Balaban J connectivity index is 1.32. The van der Waals surface area contributed by atoms with Crippen LogP contribution in [0.1, 0.15) is 54.6 Å². The summed E-state index contributed by atoms with van der Waals surface area (Å²) in [7, 11) is 0. The van der Waals surface area contributed by atoms with Crippen molar-refractivity contribution in [2.75, 3.05) is 11.9 Å². The maximum atomic E-state index is 6.03. The highest BCUT2D eigenvalue weighted by atomic mass is 32.1. The topological polar surface area (TPSA) is 76.1 Å². The Morgan fingerprint density at radius 1 is 1.27 bits per heavy atom. The van der Waals surface area contributed by atoms with Crippen molar-refractivity contribution in [3.63, 3.8) is 0 Å². The second kappa shape index (κ2) is 7.59. The Morgan fingerprint density at radius 2 is 2.17 bits per heavy atom. The van der Waals surface area contributed by atoms with Gasteiger partial charge in [0.25, 0.3) is 0 Å². The summed E-state index contributed by atoms with van der Waals surface area (Å²) in [5.41, 5.74) is 3.54. The number of aryl methyl sites for hydroxylation is 1. The molecule has 2 aromatic heterocycles. The molecule has 0 radical (unpaired) electrons. The van der Waals surface area contributed by atoms with E-state index in [1.165, 1.54) is 28.9 Å². The molecule has 0 bridgehead atoms. The highest BCUT2D eigenvalue weighted by molar-refractivity contribution is 7.15. The van der Waals surface area contributed by atoms with Gasteiger partial charge in [-0.05, 0) is 57.4 Å². The second-order valence-electron chi connectivity index (χ2n) is 8.69. The SMILES string of the molecule is Cc1nnc(Nc2cncc([C@H]3CCCN3Cc3ccc4c(c3)CC(C)(C)O4)n2)s1. The van der Waals surface area contributed by atoms with Crippen LogP contribution in [0.4, 0.5) is 10.9 Å². The number of hydrogen-bond donors (Lipinski definition) is 1. The van der Waals surface area contributed by atoms with Crippen molar-refractivity contribution in [3.05, 3.63) is 52.4 Å². The lowest BCUT2D eigenvalue weighted by Gasteiger charge is -2.24. The molecule has 7 nitrogen and oxygen atoms in total. The molecule has 1 fully saturated rings. The molecular weight excluding hydrogens is 396 g/mol. The Labute approximate surface area is 180 Å². The zero-order chi connectivity index (χ0) is 20.7. The molecule has 1 aromatic carbocycles. The molecule has 4 heterocycles. The first-order valence-electron chi connectivity index (χ1n) is 10.4. The molecule has 0 unspecified atom stereocenters. The lowest BCUT2D eigenvalue weighted by Crippen LogP contribution is -2.24. The monoisotopic (exact) mass is 422 g/mol. The van der Waals surface area contributed by atoms with Crippen LogP contribution < -0.4 is 10.1 Å². The van der Waals surface area contributed by atoms with Crippen molar-refractivity contribution < 1.29 is 4.74 Å². The molecule has 0 saturated carbocycles. The highest BCUT2D eigenvalue weighted by Gasteiger charge is 2.31. The molecule has 2 aliphatic heterocycles. The van der Waals surface area contributed by atoms with E-state index in [1.807, 2.05) is 13.1 Å². The Bertz CT molecular complexity index is 1070. The first-order valence-corrected chi connectivity index (χ1v) is 11.2. The van der Waals surface area contributed by atoms with E-state index in [9.17, 15) is 0 Å². The Hall–Kier alpha value is -2.58. The predicted octanol–water partition coefficient (Wildman–Crippen LogP) is 4.43. The number of anilines is 2. The molecule has 1 saturated heterocycles. The van der Waals surface area contributed by atoms with E-state index in [-0.39, 0.29) is 11.6 Å². The number of nitrogens with one attached hydrogen (secondary N) is 1. The van der Waals surface area contributed by atoms with Gasteiger partial charge in [0, 0.05) is 13.0 Å². The smallest absolute Gasteiger partial charge is 0.211 e. The minimum Gasteiger partial charge on any atom is -0.487 e. The van der Waals surface area contributed by atoms with Gasteiger partial charge in [0.05, 0.1) is 24.1 Å². The average molecular weight is 423 g/mol. The summed E-state index contributed by atoms with van der Waals surface area (Å²) in [6.07, 6.45) is 6.85. The third-order valence-corrected chi connectivity index (χ3v) is 6.39. The fourth-order valence-electron chi connectivity index (χ4n) is 4.40. The number of ether oxygens (including phenoxy) is 1. The minimum atomic E-state index is -0.106.